The van der Waals surface area contributed by atoms with Gasteiger partial charge >= 0.3 is 0 Å². The molecule has 0 amide bonds. The van der Waals surface area contributed by atoms with E-state index in [2.05, 4.69) is 10.6 Å². The molecule has 1 aliphatic heterocycles. The van der Waals surface area contributed by atoms with E-state index in [1.807, 2.05) is 0 Å². The molecule has 2 N–H and O–H groups in total. The predicted octanol–water partition coefficient (Wildman–Crippen LogP) is -0.00860. The standard InChI is InChI=1S/C7H14N2OS2/c1-8-7(11)9-6-2-4-12(10)5-3-6/h6H,2-5H2,1H3,(H2,8,9,11). The summed E-state index contributed by atoms with van der Waals surface area (Å²) < 4.78 is 11.0. The van der Waals surface area contributed by atoms with Crippen LogP contribution in [0.15, 0.2) is 0 Å². The van der Waals surface area contributed by atoms with Crippen LogP contribution in [0.25, 0.3) is 0 Å². The first-order valence-corrected chi connectivity index (χ1v) is 5.95. The van der Waals surface area contributed by atoms with Crippen molar-refractivity contribution < 1.29 is 4.21 Å². The van der Waals surface area contributed by atoms with E-state index in [0.29, 0.717) is 11.2 Å². The van der Waals surface area contributed by atoms with Crippen molar-refractivity contribution in [3.63, 3.8) is 0 Å². The van der Waals surface area contributed by atoms with Crippen LogP contribution in [0.1, 0.15) is 12.8 Å². The molecule has 1 saturated heterocycles. The SMILES string of the molecule is CNC(=S)NC1CCS(=O)CC1. The highest BCUT2D eigenvalue weighted by molar-refractivity contribution is 7.85. The van der Waals surface area contributed by atoms with Crippen LogP contribution in [0.3, 0.4) is 0 Å². The molecule has 0 unspecified atom stereocenters. The van der Waals surface area contributed by atoms with Gasteiger partial charge in [-0.2, -0.15) is 0 Å². The highest BCUT2D eigenvalue weighted by Gasteiger charge is 2.17. The van der Waals surface area contributed by atoms with Gasteiger partial charge in [0.1, 0.15) is 0 Å². The van der Waals surface area contributed by atoms with E-state index in [1.54, 1.807) is 7.05 Å². The van der Waals surface area contributed by atoms with E-state index >= 15 is 0 Å². The second kappa shape index (κ2) is 4.77. The van der Waals surface area contributed by atoms with Gasteiger partial charge in [0.2, 0.25) is 0 Å². The average Bonchev–Trinajstić information content (AvgIpc) is 2.09. The summed E-state index contributed by atoms with van der Waals surface area (Å²) in [7, 11) is 1.22. The molecule has 0 aromatic rings. The predicted molar refractivity (Wildman–Crippen MR) is 55.7 cm³/mol. The van der Waals surface area contributed by atoms with Gasteiger partial charge < -0.3 is 10.6 Å². The van der Waals surface area contributed by atoms with Gasteiger partial charge in [-0.25, -0.2) is 0 Å². The Kier molecular flexibility index (Phi) is 3.94. The zero-order valence-corrected chi connectivity index (χ0v) is 8.76. The lowest BCUT2D eigenvalue weighted by molar-refractivity contribution is 0.549. The van der Waals surface area contributed by atoms with Crippen LogP contribution >= 0.6 is 12.2 Å². The van der Waals surface area contributed by atoms with E-state index in [-0.39, 0.29) is 0 Å². The van der Waals surface area contributed by atoms with Gasteiger partial charge in [-0.15, -0.1) is 0 Å². The fourth-order valence-electron chi connectivity index (χ4n) is 1.20. The fraction of sp³-hybridized carbons (Fsp3) is 0.857. The monoisotopic (exact) mass is 206 g/mol. The molecule has 0 aromatic carbocycles. The lowest BCUT2D eigenvalue weighted by Gasteiger charge is -2.23. The Hall–Kier alpha value is -0.160. The first-order chi connectivity index (χ1) is 5.72. The summed E-state index contributed by atoms with van der Waals surface area (Å²) >= 11 is 4.97. The molecule has 1 fully saturated rings. The van der Waals surface area contributed by atoms with Gasteiger partial charge in [-0.1, -0.05) is 0 Å². The normalized spacial score (nSPS) is 29.4. The molecule has 0 saturated carbocycles. The Balaban J connectivity index is 2.26. The largest absolute Gasteiger partial charge is 0.366 e. The minimum Gasteiger partial charge on any atom is -0.366 e. The van der Waals surface area contributed by atoms with Gasteiger partial charge in [-0.05, 0) is 25.1 Å². The average molecular weight is 206 g/mol. The minimum atomic E-state index is -0.581. The molecule has 0 aromatic heterocycles. The molecule has 0 radical (unpaired) electrons. The molecule has 0 bridgehead atoms. The molecule has 70 valence electrons. The van der Waals surface area contributed by atoms with Crippen molar-refractivity contribution in [1.29, 1.82) is 0 Å². The van der Waals surface area contributed by atoms with Gasteiger partial charge in [0.05, 0.1) is 0 Å². The van der Waals surface area contributed by atoms with Crippen molar-refractivity contribution in [3.8, 4) is 0 Å². The van der Waals surface area contributed by atoms with E-state index in [9.17, 15) is 4.21 Å². The van der Waals surface area contributed by atoms with Crippen molar-refractivity contribution in [2.75, 3.05) is 18.6 Å². The van der Waals surface area contributed by atoms with Gasteiger partial charge in [0.25, 0.3) is 0 Å². The summed E-state index contributed by atoms with van der Waals surface area (Å²) in [5, 5.41) is 6.73. The molecule has 0 spiro atoms. The van der Waals surface area contributed by atoms with Crippen molar-refractivity contribution in [2.45, 2.75) is 18.9 Å². The summed E-state index contributed by atoms with van der Waals surface area (Å²) in [6.45, 7) is 0. The Labute approximate surface area is 80.8 Å². The summed E-state index contributed by atoms with van der Waals surface area (Å²) in [6, 6.07) is 0.419. The van der Waals surface area contributed by atoms with Crippen LogP contribution in [-0.2, 0) is 10.8 Å². The maximum atomic E-state index is 11.0. The summed E-state index contributed by atoms with van der Waals surface area (Å²) in [5.74, 6) is 1.62. The number of hydrogen-bond donors (Lipinski definition) is 2. The highest BCUT2D eigenvalue weighted by Crippen LogP contribution is 2.08. The topological polar surface area (TPSA) is 41.1 Å². The lowest BCUT2D eigenvalue weighted by Crippen LogP contribution is -2.43. The summed E-state index contributed by atoms with van der Waals surface area (Å²) in [5.41, 5.74) is 0. The fourth-order valence-corrected chi connectivity index (χ4v) is 2.66. The van der Waals surface area contributed by atoms with Gasteiger partial charge in [0, 0.05) is 35.4 Å². The molecule has 0 atom stereocenters. The third-order valence-electron chi connectivity index (χ3n) is 1.95. The molecule has 5 heteroatoms. The number of nitrogens with one attached hydrogen (secondary N) is 2. The highest BCUT2D eigenvalue weighted by atomic mass is 32.2. The van der Waals surface area contributed by atoms with Crippen LogP contribution in [0.4, 0.5) is 0 Å². The van der Waals surface area contributed by atoms with Crippen LogP contribution in [-0.4, -0.2) is 33.9 Å². The number of hydrogen-bond acceptors (Lipinski definition) is 2. The molecule has 1 heterocycles. The Morgan fingerprint density at radius 2 is 2.08 bits per heavy atom. The quantitative estimate of drug-likeness (QED) is 0.592. The van der Waals surface area contributed by atoms with Crippen molar-refractivity contribution in [3.05, 3.63) is 0 Å². The van der Waals surface area contributed by atoms with E-state index < -0.39 is 10.8 Å². The first-order valence-electron chi connectivity index (χ1n) is 4.05. The zero-order valence-electron chi connectivity index (χ0n) is 7.13. The summed E-state index contributed by atoms with van der Waals surface area (Å²) in [4.78, 5) is 0. The van der Waals surface area contributed by atoms with Crippen LogP contribution in [0, 0.1) is 0 Å². The third kappa shape index (κ3) is 3.06. The van der Waals surface area contributed by atoms with Crippen LogP contribution < -0.4 is 10.6 Å². The number of rotatable bonds is 1. The first kappa shape index (κ1) is 9.92. The molecular formula is C7H14N2OS2. The molecule has 1 rings (SSSR count). The third-order valence-corrected chi connectivity index (χ3v) is 3.65. The second-order valence-electron chi connectivity index (χ2n) is 2.85. The van der Waals surface area contributed by atoms with Crippen LogP contribution in [0.2, 0.25) is 0 Å². The summed E-state index contributed by atoms with van der Waals surface area (Å²) in [6.07, 6.45) is 1.93. The Morgan fingerprint density at radius 1 is 1.50 bits per heavy atom. The van der Waals surface area contributed by atoms with E-state index in [4.69, 9.17) is 12.2 Å². The molecule has 1 aliphatic rings. The maximum absolute atomic E-state index is 11.0. The Morgan fingerprint density at radius 3 is 2.58 bits per heavy atom. The minimum absolute atomic E-state index is 0.419. The van der Waals surface area contributed by atoms with E-state index in [0.717, 1.165) is 24.3 Å². The smallest absolute Gasteiger partial charge is 0.166 e. The second-order valence-corrected chi connectivity index (χ2v) is 4.95. The Bertz CT molecular complexity index is 186. The lowest BCUT2D eigenvalue weighted by atomic mass is 10.2. The van der Waals surface area contributed by atoms with Crippen molar-refractivity contribution >= 4 is 28.1 Å². The molecule has 12 heavy (non-hydrogen) atoms. The molecular weight excluding hydrogens is 192 g/mol. The van der Waals surface area contributed by atoms with Gasteiger partial charge in [0.15, 0.2) is 5.11 Å². The molecule has 0 aliphatic carbocycles. The van der Waals surface area contributed by atoms with Crippen LogP contribution in [0.5, 0.6) is 0 Å². The van der Waals surface area contributed by atoms with Gasteiger partial charge in [-0.3, -0.25) is 4.21 Å². The van der Waals surface area contributed by atoms with Crippen molar-refractivity contribution in [1.82, 2.24) is 10.6 Å². The molecule has 3 nitrogen and oxygen atoms in total. The zero-order chi connectivity index (χ0) is 8.97. The number of thiocarbonyl (C=S) groups is 1. The maximum Gasteiger partial charge on any atom is 0.166 e. The van der Waals surface area contributed by atoms with Crippen molar-refractivity contribution in [2.24, 2.45) is 0 Å². The van der Waals surface area contributed by atoms with E-state index in [1.165, 1.54) is 0 Å².